The van der Waals surface area contributed by atoms with Gasteiger partial charge in [0, 0.05) is 25.4 Å². The van der Waals surface area contributed by atoms with Crippen molar-refractivity contribution in [2.45, 2.75) is 38.5 Å². The smallest absolute Gasteiger partial charge is 0.320 e. The number of ether oxygens (including phenoxy) is 1. The number of hydrogen-bond donors (Lipinski definition) is 2. The van der Waals surface area contributed by atoms with Crippen molar-refractivity contribution in [1.82, 2.24) is 20.0 Å². The summed E-state index contributed by atoms with van der Waals surface area (Å²) < 4.78 is 7.38. The second-order valence-corrected chi connectivity index (χ2v) is 5.71. The first-order valence-corrected chi connectivity index (χ1v) is 7.42. The molecule has 2 rings (SSSR count). The number of nitrogens with zero attached hydrogens (tertiary/aromatic N) is 3. The fourth-order valence-corrected chi connectivity index (χ4v) is 2.30. The Morgan fingerprint density at radius 3 is 3.10 bits per heavy atom. The quantitative estimate of drug-likeness (QED) is 0.825. The minimum absolute atomic E-state index is 0.00308. The molecule has 1 aromatic heterocycles. The molecule has 1 aliphatic rings. The molecule has 2 heterocycles. The third-order valence-corrected chi connectivity index (χ3v) is 3.54. The number of carbonyl (C=O) groups excluding carboxylic acids is 1. The number of rotatable bonds is 6. The van der Waals surface area contributed by atoms with Crippen LogP contribution in [0.15, 0.2) is 12.3 Å². The SMILES string of the molecule is C[C@H](NC(=O)Nc1ccn(CCN(C)C)n1)[C@H]1CCCO1. The lowest BCUT2D eigenvalue weighted by Crippen LogP contribution is -2.43. The van der Waals surface area contributed by atoms with Crippen molar-refractivity contribution in [3.05, 3.63) is 12.3 Å². The van der Waals surface area contributed by atoms with Gasteiger partial charge in [-0.1, -0.05) is 0 Å². The highest BCUT2D eigenvalue weighted by Gasteiger charge is 2.23. The van der Waals surface area contributed by atoms with Crippen LogP contribution >= 0.6 is 0 Å². The van der Waals surface area contributed by atoms with Crippen molar-refractivity contribution in [2.75, 3.05) is 32.6 Å². The summed E-state index contributed by atoms with van der Waals surface area (Å²) >= 11 is 0. The van der Waals surface area contributed by atoms with E-state index in [2.05, 4.69) is 20.6 Å². The average molecular weight is 295 g/mol. The lowest BCUT2D eigenvalue weighted by molar-refractivity contribution is 0.0868. The van der Waals surface area contributed by atoms with Crippen LogP contribution < -0.4 is 10.6 Å². The molecule has 0 spiro atoms. The van der Waals surface area contributed by atoms with E-state index in [-0.39, 0.29) is 18.2 Å². The number of likely N-dealkylation sites (N-methyl/N-ethyl adjacent to an activating group) is 1. The number of hydrogen-bond acceptors (Lipinski definition) is 4. The molecule has 2 atom stereocenters. The van der Waals surface area contributed by atoms with Gasteiger partial charge in [0.15, 0.2) is 5.82 Å². The van der Waals surface area contributed by atoms with Crippen LogP contribution in [0.2, 0.25) is 0 Å². The van der Waals surface area contributed by atoms with Crippen LogP contribution in [0, 0.1) is 0 Å². The molecular formula is C14H25N5O2. The number of urea groups is 1. The predicted molar refractivity (Wildman–Crippen MR) is 81.4 cm³/mol. The fraction of sp³-hybridized carbons (Fsp3) is 0.714. The van der Waals surface area contributed by atoms with Gasteiger partial charge >= 0.3 is 6.03 Å². The lowest BCUT2D eigenvalue weighted by atomic mass is 10.1. The monoisotopic (exact) mass is 295 g/mol. The van der Waals surface area contributed by atoms with E-state index in [9.17, 15) is 4.79 Å². The Labute approximate surface area is 125 Å². The molecule has 0 radical (unpaired) electrons. The molecule has 1 aromatic rings. The van der Waals surface area contributed by atoms with Crippen LogP contribution in [0.3, 0.4) is 0 Å². The van der Waals surface area contributed by atoms with Crippen molar-refractivity contribution < 1.29 is 9.53 Å². The number of aromatic nitrogens is 2. The highest BCUT2D eigenvalue weighted by molar-refractivity contribution is 5.88. The van der Waals surface area contributed by atoms with Gasteiger partial charge in [-0.2, -0.15) is 5.10 Å². The molecule has 7 heteroatoms. The molecule has 2 amide bonds. The summed E-state index contributed by atoms with van der Waals surface area (Å²) in [7, 11) is 4.03. The number of amides is 2. The minimum atomic E-state index is -0.240. The molecule has 0 bridgehead atoms. The van der Waals surface area contributed by atoms with Crippen molar-refractivity contribution in [1.29, 1.82) is 0 Å². The zero-order chi connectivity index (χ0) is 15.2. The van der Waals surface area contributed by atoms with Gasteiger partial charge in [0.1, 0.15) is 0 Å². The van der Waals surface area contributed by atoms with Gasteiger partial charge in [0.05, 0.1) is 18.7 Å². The van der Waals surface area contributed by atoms with E-state index in [1.165, 1.54) is 0 Å². The lowest BCUT2D eigenvalue weighted by Gasteiger charge is -2.19. The van der Waals surface area contributed by atoms with Crippen LogP contribution in [-0.2, 0) is 11.3 Å². The topological polar surface area (TPSA) is 71.4 Å². The molecule has 21 heavy (non-hydrogen) atoms. The Hall–Kier alpha value is -1.60. The molecule has 0 saturated carbocycles. The molecule has 0 aromatic carbocycles. The van der Waals surface area contributed by atoms with E-state index < -0.39 is 0 Å². The number of anilines is 1. The third-order valence-electron chi connectivity index (χ3n) is 3.54. The van der Waals surface area contributed by atoms with Crippen LogP contribution in [0.1, 0.15) is 19.8 Å². The normalized spacial score (nSPS) is 19.7. The highest BCUT2D eigenvalue weighted by Crippen LogP contribution is 2.15. The largest absolute Gasteiger partial charge is 0.376 e. The van der Waals surface area contributed by atoms with Crippen LogP contribution in [0.5, 0.6) is 0 Å². The first kappa shape index (κ1) is 15.8. The van der Waals surface area contributed by atoms with Crippen molar-refractivity contribution in [2.24, 2.45) is 0 Å². The Morgan fingerprint density at radius 1 is 1.62 bits per heavy atom. The summed E-state index contributed by atoms with van der Waals surface area (Å²) in [6.45, 7) is 4.45. The molecule has 1 saturated heterocycles. The zero-order valence-electron chi connectivity index (χ0n) is 13.0. The third kappa shape index (κ3) is 5.02. The van der Waals surface area contributed by atoms with Crippen molar-refractivity contribution in [3.8, 4) is 0 Å². The fourth-order valence-electron chi connectivity index (χ4n) is 2.30. The summed E-state index contributed by atoms with van der Waals surface area (Å²) in [6.07, 6.45) is 4.05. The summed E-state index contributed by atoms with van der Waals surface area (Å²) in [4.78, 5) is 14.0. The Kier molecular flexibility index (Phi) is 5.58. The van der Waals surface area contributed by atoms with E-state index in [0.29, 0.717) is 5.82 Å². The van der Waals surface area contributed by atoms with E-state index in [1.807, 2.05) is 31.9 Å². The van der Waals surface area contributed by atoms with Gasteiger partial charge < -0.3 is 15.0 Å². The molecule has 0 unspecified atom stereocenters. The number of nitrogens with one attached hydrogen (secondary N) is 2. The van der Waals surface area contributed by atoms with E-state index >= 15 is 0 Å². The zero-order valence-corrected chi connectivity index (χ0v) is 13.0. The second kappa shape index (κ2) is 7.42. The Morgan fingerprint density at radius 2 is 2.43 bits per heavy atom. The highest BCUT2D eigenvalue weighted by atomic mass is 16.5. The molecule has 7 nitrogen and oxygen atoms in total. The first-order chi connectivity index (χ1) is 10.0. The standard InChI is InChI=1S/C14H25N5O2/c1-11(12-5-4-10-21-12)15-14(20)16-13-6-7-19(17-13)9-8-18(2)3/h6-7,11-12H,4-5,8-10H2,1-3H3,(H2,15,16,17,20)/t11-,12+/m0/s1. The van der Waals surface area contributed by atoms with Gasteiger partial charge in [-0.25, -0.2) is 4.79 Å². The van der Waals surface area contributed by atoms with Gasteiger partial charge in [-0.05, 0) is 33.9 Å². The number of carbonyl (C=O) groups is 1. The van der Waals surface area contributed by atoms with E-state index in [1.54, 1.807) is 6.07 Å². The van der Waals surface area contributed by atoms with Crippen LogP contribution in [0.4, 0.5) is 10.6 Å². The summed E-state index contributed by atoms with van der Waals surface area (Å²) in [5.41, 5.74) is 0. The molecule has 118 valence electrons. The van der Waals surface area contributed by atoms with E-state index in [0.717, 1.165) is 32.5 Å². The van der Waals surface area contributed by atoms with E-state index in [4.69, 9.17) is 4.74 Å². The average Bonchev–Trinajstić information content (AvgIpc) is 3.07. The predicted octanol–water partition coefficient (Wildman–Crippen LogP) is 1.13. The summed E-state index contributed by atoms with van der Waals surface area (Å²) in [5, 5.41) is 9.96. The maximum atomic E-state index is 11.9. The van der Waals surface area contributed by atoms with Gasteiger partial charge in [0.25, 0.3) is 0 Å². The van der Waals surface area contributed by atoms with Gasteiger partial charge in [-0.15, -0.1) is 0 Å². The molecule has 1 aliphatic heterocycles. The van der Waals surface area contributed by atoms with Crippen molar-refractivity contribution in [3.63, 3.8) is 0 Å². The minimum Gasteiger partial charge on any atom is -0.376 e. The van der Waals surface area contributed by atoms with Gasteiger partial charge in [0.2, 0.25) is 0 Å². The molecule has 2 N–H and O–H groups in total. The van der Waals surface area contributed by atoms with Crippen molar-refractivity contribution >= 4 is 11.8 Å². The summed E-state index contributed by atoms with van der Waals surface area (Å²) in [5.74, 6) is 0.561. The molecular weight excluding hydrogens is 270 g/mol. The van der Waals surface area contributed by atoms with Gasteiger partial charge in [-0.3, -0.25) is 10.00 Å². The van der Waals surface area contributed by atoms with Crippen LogP contribution in [-0.4, -0.2) is 60.1 Å². The first-order valence-electron chi connectivity index (χ1n) is 7.42. The molecule has 1 fully saturated rings. The Bertz CT molecular complexity index is 454. The maximum absolute atomic E-state index is 11.9. The summed E-state index contributed by atoms with van der Waals surface area (Å²) in [6, 6.07) is 1.56. The Balaban J connectivity index is 1.76. The van der Waals surface area contributed by atoms with Crippen LogP contribution in [0.25, 0.3) is 0 Å². The second-order valence-electron chi connectivity index (χ2n) is 5.71. The maximum Gasteiger partial charge on any atom is 0.320 e. The molecule has 0 aliphatic carbocycles.